The number of benzene rings is 1. The predicted molar refractivity (Wildman–Crippen MR) is 78.4 cm³/mol. The molecule has 1 N–H and O–H groups in total. The Morgan fingerprint density at radius 2 is 2.11 bits per heavy atom. The Bertz CT molecular complexity index is 412. The zero-order chi connectivity index (χ0) is 13.5. The Balaban J connectivity index is 2.05. The summed E-state index contributed by atoms with van der Waals surface area (Å²) in [7, 11) is 0. The second-order valence-electron chi connectivity index (χ2n) is 4.29. The summed E-state index contributed by atoms with van der Waals surface area (Å²) in [5.74, 6) is 3.60. The molecule has 1 aliphatic heterocycles. The molecule has 0 aromatic heterocycles. The van der Waals surface area contributed by atoms with Crippen molar-refractivity contribution in [1.82, 2.24) is 5.32 Å². The van der Waals surface area contributed by atoms with Crippen LogP contribution in [-0.2, 0) is 6.54 Å². The van der Waals surface area contributed by atoms with Crippen molar-refractivity contribution in [2.75, 3.05) is 32.0 Å². The maximum Gasteiger partial charge on any atom is 0.231 e. The van der Waals surface area contributed by atoms with Crippen LogP contribution >= 0.6 is 11.8 Å². The van der Waals surface area contributed by atoms with E-state index in [0.29, 0.717) is 6.79 Å². The second kappa shape index (κ2) is 7.50. The Kier molecular flexibility index (Phi) is 5.66. The highest BCUT2D eigenvalue weighted by atomic mass is 32.2. The fourth-order valence-corrected chi connectivity index (χ4v) is 2.29. The van der Waals surface area contributed by atoms with E-state index in [-0.39, 0.29) is 0 Å². The monoisotopic (exact) mass is 283 g/mol. The smallest absolute Gasteiger partial charge is 0.231 e. The van der Waals surface area contributed by atoms with Gasteiger partial charge in [-0.3, -0.25) is 0 Å². The van der Waals surface area contributed by atoms with Crippen molar-refractivity contribution < 1.29 is 14.2 Å². The van der Waals surface area contributed by atoms with E-state index in [1.807, 2.05) is 23.9 Å². The number of ether oxygens (including phenoxy) is 3. The largest absolute Gasteiger partial charge is 0.493 e. The van der Waals surface area contributed by atoms with E-state index in [4.69, 9.17) is 14.2 Å². The Labute approximate surface area is 118 Å². The third kappa shape index (κ3) is 3.94. The molecule has 1 aromatic carbocycles. The molecule has 0 unspecified atom stereocenters. The molecule has 0 atom stereocenters. The zero-order valence-corrected chi connectivity index (χ0v) is 12.3. The Morgan fingerprint density at radius 3 is 2.84 bits per heavy atom. The molecule has 0 bridgehead atoms. The zero-order valence-electron chi connectivity index (χ0n) is 11.5. The average molecular weight is 283 g/mol. The van der Waals surface area contributed by atoms with Crippen LogP contribution in [0.2, 0.25) is 0 Å². The first-order chi connectivity index (χ1) is 9.35. The van der Waals surface area contributed by atoms with Crippen molar-refractivity contribution in [3.8, 4) is 17.2 Å². The normalized spacial score (nSPS) is 12.7. The molecule has 0 radical (unpaired) electrons. The van der Waals surface area contributed by atoms with Crippen molar-refractivity contribution in [3.63, 3.8) is 0 Å². The van der Waals surface area contributed by atoms with Gasteiger partial charge in [-0.05, 0) is 31.0 Å². The molecule has 1 heterocycles. The van der Waals surface area contributed by atoms with Gasteiger partial charge in [-0.25, -0.2) is 0 Å². The lowest BCUT2D eigenvalue weighted by Crippen LogP contribution is -2.13. The van der Waals surface area contributed by atoms with Crippen LogP contribution in [-0.4, -0.2) is 32.0 Å². The Hall–Kier alpha value is -1.07. The van der Waals surface area contributed by atoms with E-state index in [2.05, 4.69) is 18.5 Å². The molecular formula is C14H21NO3S. The van der Waals surface area contributed by atoms with E-state index in [0.717, 1.165) is 54.7 Å². The first-order valence-electron chi connectivity index (χ1n) is 6.60. The highest BCUT2D eigenvalue weighted by Crippen LogP contribution is 2.38. The molecule has 1 aliphatic rings. The maximum absolute atomic E-state index is 5.87. The fourth-order valence-electron chi connectivity index (χ4n) is 1.88. The highest BCUT2D eigenvalue weighted by molar-refractivity contribution is 7.98. The summed E-state index contributed by atoms with van der Waals surface area (Å²) < 4.78 is 16.7. The van der Waals surface area contributed by atoms with Gasteiger partial charge in [-0.1, -0.05) is 6.92 Å². The van der Waals surface area contributed by atoms with Crippen LogP contribution in [0.5, 0.6) is 17.2 Å². The minimum absolute atomic E-state index is 0.298. The predicted octanol–water partition coefficient (Wildman–Crippen LogP) is 2.66. The standard InChI is InChI=1S/C14H21NO3S/c1-3-15-9-11-7-13-14(18-10-17-13)8-12(11)16-5-4-6-19-2/h7-8,15H,3-6,9-10H2,1-2H3. The van der Waals surface area contributed by atoms with Crippen molar-refractivity contribution in [2.24, 2.45) is 0 Å². The molecule has 2 rings (SSSR count). The minimum Gasteiger partial charge on any atom is -0.493 e. The summed E-state index contributed by atoms with van der Waals surface area (Å²) in [6, 6.07) is 3.95. The maximum atomic E-state index is 5.87. The van der Waals surface area contributed by atoms with Gasteiger partial charge in [0.25, 0.3) is 0 Å². The Morgan fingerprint density at radius 1 is 1.32 bits per heavy atom. The summed E-state index contributed by atoms with van der Waals surface area (Å²) in [6.07, 6.45) is 3.16. The van der Waals surface area contributed by atoms with Gasteiger partial charge in [0.2, 0.25) is 6.79 Å². The number of hydrogen-bond acceptors (Lipinski definition) is 5. The molecule has 4 nitrogen and oxygen atoms in total. The van der Waals surface area contributed by atoms with Gasteiger partial charge in [0.1, 0.15) is 5.75 Å². The lowest BCUT2D eigenvalue weighted by Gasteiger charge is -2.13. The molecule has 19 heavy (non-hydrogen) atoms. The van der Waals surface area contributed by atoms with Gasteiger partial charge in [0.15, 0.2) is 11.5 Å². The minimum atomic E-state index is 0.298. The number of fused-ring (bicyclic) bond motifs is 1. The lowest BCUT2D eigenvalue weighted by molar-refractivity contribution is 0.173. The summed E-state index contributed by atoms with van der Waals surface area (Å²) in [6.45, 7) is 4.84. The van der Waals surface area contributed by atoms with Gasteiger partial charge in [0, 0.05) is 18.2 Å². The number of rotatable bonds is 8. The molecule has 0 spiro atoms. The van der Waals surface area contributed by atoms with Crippen molar-refractivity contribution in [2.45, 2.75) is 19.9 Å². The van der Waals surface area contributed by atoms with E-state index in [1.165, 1.54) is 0 Å². The summed E-state index contributed by atoms with van der Waals surface area (Å²) in [4.78, 5) is 0. The molecule has 5 heteroatoms. The van der Waals surface area contributed by atoms with E-state index < -0.39 is 0 Å². The van der Waals surface area contributed by atoms with Crippen molar-refractivity contribution in [1.29, 1.82) is 0 Å². The van der Waals surface area contributed by atoms with E-state index in [9.17, 15) is 0 Å². The van der Waals surface area contributed by atoms with Gasteiger partial charge in [-0.2, -0.15) is 11.8 Å². The van der Waals surface area contributed by atoms with Crippen LogP contribution < -0.4 is 19.5 Å². The fraction of sp³-hybridized carbons (Fsp3) is 0.571. The second-order valence-corrected chi connectivity index (χ2v) is 5.27. The van der Waals surface area contributed by atoms with Gasteiger partial charge in [0.05, 0.1) is 6.61 Å². The molecule has 0 aliphatic carbocycles. The van der Waals surface area contributed by atoms with Gasteiger partial charge in [-0.15, -0.1) is 0 Å². The number of hydrogen-bond donors (Lipinski definition) is 1. The third-order valence-corrected chi connectivity index (χ3v) is 3.57. The van der Waals surface area contributed by atoms with Crippen molar-refractivity contribution in [3.05, 3.63) is 17.7 Å². The molecule has 106 valence electrons. The first-order valence-corrected chi connectivity index (χ1v) is 7.99. The summed E-state index contributed by atoms with van der Waals surface area (Å²) >= 11 is 1.84. The van der Waals surface area contributed by atoms with Crippen LogP contribution in [0.25, 0.3) is 0 Å². The first kappa shape index (κ1) is 14.3. The quantitative estimate of drug-likeness (QED) is 0.743. The topological polar surface area (TPSA) is 39.7 Å². The summed E-state index contributed by atoms with van der Waals surface area (Å²) in [5, 5.41) is 3.32. The molecule has 0 saturated carbocycles. The van der Waals surface area contributed by atoms with Crippen molar-refractivity contribution >= 4 is 11.8 Å². The molecule has 1 aromatic rings. The molecular weight excluding hydrogens is 262 g/mol. The number of thioether (sulfide) groups is 1. The van der Waals surface area contributed by atoms with Gasteiger partial charge < -0.3 is 19.5 Å². The van der Waals surface area contributed by atoms with Crippen LogP contribution in [0.3, 0.4) is 0 Å². The highest BCUT2D eigenvalue weighted by Gasteiger charge is 2.17. The van der Waals surface area contributed by atoms with Crippen LogP contribution in [0.15, 0.2) is 12.1 Å². The summed E-state index contributed by atoms with van der Waals surface area (Å²) in [5.41, 5.74) is 1.12. The van der Waals surface area contributed by atoms with E-state index >= 15 is 0 Å². The molecule has 0 saturated heterocycles. The molecule has 0 amide bonds. The SMILES string of the molecule is CCNCc1cc2c(cc1OCCCSC)OCO2. The third-order valence-electron chi connectivity index (χ3n) is 2.87. The van der Waals surface area contributed by atoms with E-state index in [1.54, 1.807) is 0 Å². The number of nitrogens with one attached hydrogen (secondary N) is 1. The van der Waals surface area contributed by atoms with Crippen LogP contribution in [0, 0.1) is 0 Å². The van der Waals surface area contributed by atoms with Crippen LogP contribution in [0.4, 0.5) is 0 Å². The average Bonchev–Trinajstić information content (AvgIpc) is 2.88. The molecule has 0 fully saturated rings. The van der Waals surface area contributed by atoms with Gasteiger partial charge >= 0.3 is 0 Å². The lowest BCUT2D eigenvalue weighted by atomic mass is 10.1. The van der Waals surface area contributed by atoms with Crippen LogP contribution in [0.1, 0.15) is 18.9 Å².